The minimum atomic E-state index is -0.323. The van der Waals surface area contributed by atoms with Gasteiger partial charge in [0.05, 0.1) is 25.0 Å². The molecule has 0 bridgehead atoms. The van der Waals surface area contributed by atoms with Crippen molar-refractivity contribution in [1.82, 2.24) is 9.80 Å². The smallest absolute Gasteiger partial charge is 0.341 e. The second-order valence-electron chi connectivity index (χ2n) is 7.61. The maximum atomic E-state index is 12.6. The van der Waals surface area contributed by atoms with E-state index in [1.54, 1.807) is 17.6 Å². The number of furan rings is 1. The van der Waals surface area contributed by atoms with Gasteiger partial charge in [-0.1, -0.05) is 30.3 Å². The zero-order valence-electron chi connectivity index (χ0n) is 18.1. The van der Waals surface area contributed by atoms with Gasteiger partial charge in [-0.3, -0.25) is 4.90 Å². The van der Waals surface area contributed by atoms with Crippen LogP contribution in [0.3, 0.4) is 0 Å². The second kappa shape index (κ2) is 10.8. The van der Waals surface area contributed by atoms with E-state index in [0.29, 0.717) is 17.3 Å². The predicted octanol–water partition coefficient (Wildman–Crippen LogP) is 4.62. The first-order chi connectivity index (χ1) is 15.6. The van der Waals surface area contributed by atoms with E-state index >= 15 is 0 Å². The monoisotopic (exact) mass is 469 g/mol. The van der Waals surface area contributed by atoms with Crippen molar-refractivity contribution in [1.29, 1.82) is 0 Å². The highest BCUT2D eigenvalue weighted by Gasteiger charge is 2.23. The molecule has 32 heavy (non-hydrogen) atoms. The van der Waals surface area contributed by atoms with Crippen LogP contribution in [0.1, 0.15) is 33.5 Å². The van der Waals surface area contributed by atoms with Crippen LogP contribution >= 0.6 is 23.6 Å². The van der Waals surface area contributed by atoms with E-state index in [0.717, 1.165) is 54.8 Å². The molecule has 0 spiro atoms. The first kappa shape index (κ1) is 22.5. The average molecular weight is 470 g/mol. The highest BCUT2D eigenvalue weighted by molar-refractivity contribution is 7.80. The maximum Gasteiger partial charge on any atom is 0.341 e. The number of benzene rings is 1. The van der Waals surface area contributed by atoms with Gasteiger partial charge in [-0.2, -0.15) is 0 Å². The van der Waals surface area contributed by atoms with Crippen LogP contribution < -0.4 is 5.32 Å². The molecule has 0 radical (unpaired) electrons. The SMILES string of the molecule is CCOC(=O)c1cc(Cc2ccccc2)sc1NC(=S)N1CCN(Cc2ccco2)CC1. The molecule has 0 aliphatic carbocycles. The Morgan fingerprint density at radius 2 is 1.94 bits per heavy atom. The molecule has 0 atom stereocenters. The van der Waals surface area contributed by atoms with Crippen LogP contribution in [0.25, 0.3) is 0 Å². The van der Waals surface area contributed by atoms with Crippen LogP contribution in [0.15, 0.2) is 59.2 Å². The maximum absolute atomic E-state index is 12.6. The number of nitrogens with zero attached hydrogens (tertiary/aromatic N) is 2. The summed E-state index contributed by atoms with van der Waals surface area (Å²) in [4.78, 5) is 18.2. The Morgan fingerprint density at radius 1 is 1.16 bits per heavy atom. The topological polar surface area (TPSA) is 58.0 Å². The number of carbonyl (C=O) groups excluding carboxylic acids is 1. The summed E-state index contributed by atoms with van der Waals surface area (Å²) in [6.45, 7) is 6.40. The van der Waals surface area contributed by atoms with E-state index in [9.17, 15) is 4.79 Å². The van der Waals surface area contributed by atoms with Crippen molar-refractivity contribution in [3.8, 4) is 0 Å². The van der Waals surface area contributed by atoms with Gasteiger partial charge in [-0.05, 0) is 42.9 Å². The third-order valence-corrected chi connectivity index (χ3v) is 6.75. The summed E-state index contributed by atoms with van der Waals surface area (Å²) in [7, 11) is 0. The van der Waals surface area contributed by atoms with Crippen molar-refractivity contribution in [3.63, 3.8) is 0 Å². The largest absolute Gasteiger partial charge is 0.468 e. The number of carbonyl (C=O) groups is 1. The van der Waals surface area contributed by atoms with Gasteiger partial charge in [0.1, 0.15) is 10.8 Å². The van der Waals surface area contributed by atoms with Gasteiger partial charge >= 0.3 is 5.97 Å². The predicted molar refractivity (Wildman–Crippen MR) is 131 cm³/mol. The van der Waals surface area contributed by atoms with Crippen LogP contribution in [-0.4, -0.2) is 53.7 Å². The molecule has 1 aliphatic rings. The molecule has 1 saturated heterocycles. The molecule has 6 nitrogen and oxygen atoms in total. The van der Waals surface area contributed by atoms with Crippen molar-refractivity contribution in [2.45, 2.75) is 19.9 Å². The Hall–Kier alpha value is -2.68. The van der Waals surface area contributed by atoms with Crippen LogP contribution in [0.4, 0.5) is 5.00 Å². The van der Waals surface area contributed by atoms with Gasteiger partial charge in [0, 0.05) is 37.5 Å². The molecule has 8 heteroatoms. The van der Waals surface area contributed by atoms with E-state index in [1.807, 2.05) is 43.3 Å². The number of thiocarbonyl (C=S) groups is 1. The first-order valence-corrected chi connectivity index (χ1v) is 12.0. The summed E-state index contributed by atoms with van der Waals surface area (Å²) < 4.78 is 10.7. The number of thiophene rings is 1. The fourth-order valence-electron chi connectivity index (χ4n) is 3.69. The third-order valence-electron chi connectivity index (χ3n) is 5.34. The number of rotatable bonds is 7. The summed E-state index contributed by atoms with van der Waals surface area (Å²) >= 11 is 7.25. The van der Waals surface area contributed by atoms with Gasteiger partial charge in [-0.25, -0.2) is 4.79 Å². The van der Waals surface area contributed by atoms with E-state index in [-0.39, 0.29) is 5.97 Å². The standard InChI is InChI=1S/C24H27N3O3S2/c1-2-29-23(28)21-16-20(15-18-7-4-3-5-8-18)32-22(21)25-24(31)27-12-10-26(11-13-27)17-19-9-6-14-30-19/h3-9,14,16H,2,10-13,15,17H2,1H3,(H,25,31). The number of anilines is 1. The average Bonchev–Trinajstić information content (AvgIpc) is 3.45. The number of nitrogens with one attached hydrogen (secondary N) is 1. The van der Waals surface area contributed by atoms with Crippen LogP contribution in [-0.2, 0) is 17.7 Å². The van der Waals surface area contributed by atoms with Crippen LogP contribution in [0, 0.1) is 0 Å². The van der Waals surface area contributed by atoms with Gasteiger partial charge < -0.3 is 19.4 Å². The molecule has 1 N–H and O–H groups in total. The van der Waals surface area contributed by atoms with E-state index in [1.165, 1.54) is 5.56 Å². The van der Waals surface area contributed by atoms with Crippen molar-refractivity contribution >= 4 is 39.6 Å². The fourth-order valence-corrected chi connectivity index (χ4v) is 5.11. The first-order valence-electron chi connectivity index (χ1n) is 10.8. The Balaban J connectivity index is 1.40. The molecule has 1 aromatic carbocycles. The zero-order valence-corrected chi connectivity index (χ0v) is 19.7. The van der Waals surface area contributed by atoms with E-state index in [4.69, 9.17) is 21.4 Å². The Morgan fingerprint density at radius 3 is 2.62 bits per heavy atom. The van der Waals surface area contributed by atoms with Crippen molar-refractivity contribution in [2.24, 2.45) is 0 Å². The van der Waals surface area contributed by atoms with Crippen molar-refractivity contribution in [3.05, 3.63) is 76.6 Å². The number of ether oxygens (including phenoxy) is 1. The second-order valence-corrected chi connectivity index (χ2v) is 9.13. The van der Waals surface area contributed by atoms with Gasteiger partial charge in [0.15, 0.2) is 5.11 Å². The quantitative estimate of drug-likeness (QED) is 0.400. The number of piperazine rings is 1. The molecule has 3 aromatic rings. The minimum Gasteiger partial charge on any atom is -0.468 e. The highest BCUT2D eigenvalue weighted by atomic mass is 32.1. The Kier molecular flexibility index (Phi) is 7.57. The van der Waals surface area contributed by atoms with Gasteiger partial charge in [0.25, 0.3) is 0 Å². The number of hydrogen-bond acceptors (Lipinski definition) is 6. The summed E-state index contributed by atoms with van der Waals surface area (Å²) in [6.07, 6.45) is 2.47. The fraction of sp³-hybridized carbons (Fsp3) is 0.333. The van der Waals surface area contributed by atoms with Crippen molar-refractivity contribution < 1.29 is 13.9 Å². The lowest BCUT2D eigenvalue weighted by molar-refractivity contribution is 0.0528. The van der Waals surface area contributed by atoms with E-state index in [2.05, 4.69) is 27.2 Å². The molecule has 2 aromatic heterocycles. The zero-order chi connectivity index (χ0) is 22.3. The molecule has 3 heterocycles. The molecule has 0 amide bonds. The molecule has 4 rings (SSSR count). The molecule has 0 unspecified atom stereocenters. The lowest BCUT2D eigenvalue weighted by atomic mass is 10.1. The van der Waals surface area contributed by atoms with Crippen LogP contribution in [0.2, 0.25) is 0 Å². The van der Waals surface area contributed by atoms with E-state index < -0.39 is 0 Å². The highest BCUT2D eigenvalue weighted by Crippen LogP contribution is 2.31. The molecular weight excluding hydrogens is 442 g/mol. The summed E-state index contributed by atoms with van der Waals surface area (Å²) in [5.41, 5.74) is 1.74. The minimum absolute atomic E-state index is 0.323. The lowest BCUT2D eigenvalue weighted by Gasteiger charge is -2.35. The normalized spacial score (nSPS) is 14.3. The van der Waals surface area contributed by atoms with Gasteiger partial charge in [-0.15, -0.1) is 11.3 Å². The summed E-state index contributed by atoms with van der Waals surface area (Å²) in [5.74, 6) is 0.652. The molecular formula is C24H27N3O3S2. The number of esters is 1. The third kappa shape index (κ3) is 5.76. The summed E-state index contributed by atoms with van der Waals surface area (Å²) in [6, 6.07) is 16.1. The molecule has 168 valence electrons. The molecule has 1 aliphatic heterocycles. The Labute approximate surface area is 197 Å². The van der Waals surface area contributed by atoms with Crippen molar-refractivity contribution in [2.75, 3.05) is 38.1 Å². The lowest BCUT2D eigenvalue weighted by Crippen LogP contribution is -2.49. The van der Waals surface area contributed by atoms with Gasteiger partial charge in [0.2, 0.25) is 0 Å². The number of hydrogen-bond donors (Lipinski definition) is 1. The van der Waals surface area contributed by atoms with Crippen LogP contribution in [0.5, 0.6) is 0 Å². The Bertz CT molecular complexity index is 1030. The summed E-state index contributed by atoms with van der Waals surface area (Å²) in [5, 5.41) is 4.71. The molecule has 0 saturated carbocycles. The molecule has 1 fully saturated rings.